The Labute approximate surface area is 133 Å². The molecule has 0 aliphatic heterocycles. The standard InChI is InChI=1S/C17H16ClF2NO/c1-4-21(12-6-10(2)5-11(3)7-12)17(22)13-8-15(19)16(20)9-14(13)18/h5-9H,4H2,1-3H3. The number of nitrogens with zero attached hydrogens (tertiary/aromatic N) is 1. The molecule has 0 saturated carbocycles. The van der Waals surface area contributed by atoms with Crippen LogP contribution in [-0.4, -0.2) is 12.5 Å². The van der Waals surface area contributed by atoms with E-state index in [2.05, 4.69) is 0 Å². The summed E-state index contributed by atoms with van der Waals surface area (Å²) in [5.41, 5.74) is 2.67. The van der Waals surface area contributed by atoms with Gasteiger partial charge in [0.15, 0.2) is 11.6 Å². The van der Waals surface area contributed by atoms with Crippen molar-refractivity contribution in [1.82, 2.24) is 0 Å². The summed E-state index contributed by atoms with van der Waals surface area (Å²) in [7, 11) is 0. The first-order valence-electron chi connectivity index (χ1n) is 6.88. The maximum atomic E-state index is 13.4. The van der Waals surface area contributed by atoms with Gasteiger partial charge >= 0.3 is 0 Å². The molecule has 116 valence electrons. The predicted octanol–water partition coefficient (Wildman–Crippen LogP) is 4.90. The van der Waals surface area contributed by atoms with Crippen molar-refractivity contribution in [3.63, 3.8) is 0 Å². The van der Waals surface area contributed by atoms with Crippen molar-refractivity contribution < 1.29 is 13.6 Å². The van der Waals surface area contributed by atoms with Crippen molar-refractivity contribution in [1.29, 1.82) is 0 Å². The van der Waals surface area contributed by atoms with E-state index < -0.39 is 17.5 Å². The fourth-order valence-electron chi connectivity index (χ4n) is 2.38. The maximum Gasteiger partial charge on any atom is 0.259 e. The molecule has 0 radical (unpaired) electrons. The van der Waals surface area contributed by atoms with E-state index >= 15 is 0 Å². The predicted molar refractivity (Wildman–Crippen MR) is 84.6 cm³/mol. The summed E-state index contributed by atoms with van der Waals surface area (Å²) in [4.78, 5) is 14.1. The van der Waals surface area contributed by atoms with E-state index in [1.807, 2.05) is 39.0 Å². The monoisotopic (exact) mass is 323 g/mol. The second-order valence-electron chi connectivity index (χ2n) is 5.14. The van der Waals surface area contributed by atoms with E-state index in [0.717, 1.165) is 23.3 Å². The molecule has 0 aliphatic rings. The van der Waals surface area contributed by atoms with Gasteiger partial charge in [-0.2, -0.15) is 0 Å². The van der Waals surface area contributed by atoms with E-state index in [1.54, 1.807) is 0 Å². The van der Waals surface area contributed by atoms with Crippen LogP contribution in [0.4, 0.5) is 14.5 Å². The van der Waals surface area contributed by atoms with E-state index in [9.17, 15) is 13.6 Å². The molecule has 0 atom stereocenters. The third-order valence-corrected chi connectivity index (χ3v) is 3.63. The number of aryl methyl sites for hydroxylation is 2. The first kappa shape index (κ1) is 16.4. The number of hydrogen-bond acceptors (Lipinski definition) is 1. The second kappa shape index (κ2) is 6.44. The summed E-state index contributed by atoms with van der Waals surface area (Å²) in [5.74, 6) is -2.63. The molecule has 0 bridgehead atoms. The van der Waals surface area contributed by atoms with Crippen molar-refractivity contribution in [2.45, 2.75) is 20.8 Å². The topological polar surface area (TPSA) is 20.3 Å². The first-order chi connectivity index (χ1) is 10.3. The minimum absolute atomic E-state index is 0.0541. The van der Waals surface area contributed by atoms with Gasteiger partial charge in [-0.3, -0.25) is 4.79 Å². The maximum absolute atomic E-state index is 13.4. The lowest BCUT2D eigenvalue weighted by molar-refractivity contribution is 0.0988. The van der Waals surface area contributed by atoms with Crippen LogP contribution in [0.15, 0.2) is 30.3 Å². The van der Waals surface area contributed by atoms with E-state index in [4.69, 9.17) is 11.6 Å². The Morgan fingerprint density at radius 3 is 2.14 bits per heavy atom. The molecule has 0 aromatic heterocycles. The summed E-state index contributed by atoms with van der Waals surface area (Å²) in [5, 5.41) is -0.105. The van der Waals surface area contributed by atoms with E-state index in [1.165, 1.54) is 4.90 Å². The molecule has 1 amide bonds. The van der Waals surface area contributed by atoms with Crippen LogP contribution in [0.2, 0.25) is 5.02 Å². The largest absolute Gasteiger partial charge is 0.309 e. The normalized spacial score (nSPS) is 10.6. The molecule has 0 unspecified atom stereocenters. The highest BCUT2D eigenvalue weighted by atomic mass is 35.5. The molecule has 2 rings (SSSR count). The summed E-state index contributed by atoms with van der Waals surface area (Å²) in [6, 6.07) is 7.38. The van der Waals surface area contributed by atoms with Crippen molar-refractivity contribution >= 4 is 23.2 Å². The second-order valence-corrected chi connectivity index (χ2v) is 5.55. The summed E-state index contributed by atoms with van der Waals surface area (Å²) < 4.78 is 26.6. The van der Waals surface area contributed by atoms with Gasteiger partial charge < -0.3 is 4.90 Å². The van der Waals surface area contributed by atoms with E-state index in [-0.39, 0.29) is 10.6 Å². The van der Waals surface area contributed by atoms with Crippen LogP contribution in [0.1, 0.15) is 28.4 Å². The molecule has 2 aromatic rings. The van der Waals surface area contributed by atoms with Gasteiger partial charge in [0.05, 0.1) is 10.6 Å². The average Bonchev–Trinajstić information content (AvgIpc) is 2.42. The summed E-state index contributed by atoms with van der Waals surface area (Å²) in [6.07, 6.45) is 0. The van der Waals surface area contributed by atoms with Gasteiger partial charge in [0.1, 0.15) is 0 Å². The zero-order valence-electron chi connectivity index (χ0n) is 12.6. The lowest BCUT2D eigenvalue weighted by atomic mass is 10.1. The smallest absolute Gasteiger partial charge is 0.259 e. The molecular formula is C17H16ClF2NO. The zero-order chi connectivity index (χ0) is 16.4. The van der Waals surface area contributed by atoms with Gasteiger partial charge in [-0.05, 0) is 56.2 Å². The van der Waals surface area contributed by atoms with Gasteiger partial charge in [0, 0.05) is 12.2 Å². The number of hydrogen-bond donors (Lipinski definition) is 0. The molecular weight excluding hydrogens is 308 g/mol. The van der Waals surface area contributed by atoms with Gasteiger partial charge in [0.2, 0.25) is 0 Å². The van der Waals surface area contributed by atoms with Gasteiger partial charge in [-0.1, -0.05) is 17.7 Å². The zero-order valence-corrected chi connectivity index (χ0v) is 13.3. The lowest BCUT2D eigenvalue weighted by Crippen LogP contribution is -2.31. The number of amides is 1. The average molecular weight is 324 g/mol. The highest BCUT2D eigenvalue weighted by Gasteiger charge is 2.21. The van der Waals surface area contributed by atoms with Gasteiger partial charge in [0.25, 0.3) is 5.91 Å². The number of halogens is 3. The molecule has 0 heterocycles. The fourth-order valence-corrected chi connectivity index (χ4v) is 2.61. The third kappa shape index (κ3) is 3.28. The molecule has 0 fully saturated rings. The van der Waals surface area contributed by atoms with Gasteiger partial charge in [-0.15, -0.1) is 0 Å². The summed E-state index contributed by atoms with van der Waals surface area (Å²) >= 11 is 5.89. The van der Waals surface area contributed by atoms with Crippen LogP contribution in [0.5, 0.6) is 0 Å². The SMILES string of the molecule is CCN(C(=O)c1cc(F)c(F)cc1Cl)c1cc(C)cc(C)c1. The van der Waals surface area contributed by atoms with Crippen LogP contribution in [0.3, 0.4) is 0 Å². The molecule has 0 N–H and O–H groups in total. The highest BCUT2D eigenvalue weighted by Crippen LogP contribution is 2.25. The Balaban J connectivity index is 2.47. The fraction of sp³-hybridized carbons (Fsp3) is 0.235. The number of benzene rings is 2. The molecule has 22 heavy (non-hydrogen) atoms. The Kier molecular flexibility index (Phi) is 4.81. The molecule has 0 spiro atoms. The minimum Gasteiger partial charge on any atom is -0.309 e. The number of carbonyl (C=O) groups is 1. The minimum atomic E-state index is -1.09. The van der Waals surface area contributed by atoms with Crippen molar-refractivity contribution in [2.24, 2.45) is 0 Å². The van der Waals surface area contributed by atoms with Gasteiger partial charge in [-0.25, -0.2) is 8.78 Å². The van der Waals surface area contributed by atoms with Crippen LogP contribution in [0.25, 0.3) is 0 Å². The molecule has 5 heteroatoms. The number of anilines is 1. The van der Waals surface area contributed by atoms with E-state index in [0.29, 0.717) is 12.2 Å². The molecule has 2 nitrogen and oxygen atoms in total. The third-order valence-electron chi connectivity index (χ3n) is 3.32. The molecule has 2 aromatic carbocycles. The van der Waals surface area contributed by atoms with Crippen LogP contribution >= 0.6 is 11.6 Å². The van der Waals surface area contributed by atoms with Crippen molar-refractivity contribution in [2.75, 3.05) is 11.4 Å². The van der Waals surface area contributed by atoms with Crippen LogP contribution in [0, 0.1) is 25.5 Å². The Morgan fingerprint density at radius 2 is 1.59 bits per heavy atom. The Bertz CT molecular complexity index is 711. The van der Waals surface area contributed by atoms with Crippen molar-refractivity contribution in [3.05, 3.63) is 63.7 Å². The van der Waals surface area contributed by atoms with Crippen LogP contribution in [-0.2, 0) is 0 Å². The molecule has 0 saturated heterocycles. The quantitative estimate of drug-likeness (QED) is 0.735. The number of carbonyl (C=O) groups excluding carboxylic acids is 1. The highest BCUT2D eigenvalue weighted by molar-refractivity contribution is 6.34. The Morgan fingerprint density at radius 1 is 1.05 bits per heavy atom. The molecule has 0 aliphatic carbocycles. The lowest BCUT2D eigenvalue weighted by Gasteiger charge is -2.22. The number of rotatable bonds is 3. The van der Waals surface area contributed by atoms with Crippen LogP contribution < -0.4 is 4.90 Å². The van der Waals surface area contributed by atoms with Crippen molar-refractivity contribution in [3.8, 4) is 0 Å². The Hall–Kier alpha value is -1.94. The first-order valence-corrected chi connectivity index (χ1v) is 7.26. The summed E-state index contributed by atoms with van der Waals surface area (Å²) in [6.45, 7) is 6.05.